The van der Waals surface area contributed by atoms with Crippen molar-refractivity contribution in [3.63, 3.8) is 0 Å². The van der Waals surface area contributed by atoms with Crippen LogP contribution in [-0.4, -0.2) is 48.7 Å². The second kappa shape index (κ2) is 8.26. The van der Waals surface area contributed by atoms with E-state index in [1.165, 1.54) is 0 Å². The molecule has 0 aliphatic carbocycles. The lowest BCUT2D eigenvalue weighted by Crippen LogP contribution is -2.51. The SMILES string of the molecule is Cc1ccccc1C(=O)NC(C(=O)NCC1CNCC1O)C(C)C. The molecule has 0 bridgehead atoms. The van der Waals surface area contributed by atoms with Gasteiger partial charge in [0, 0.05) is 31.1 Å². The van der Waals surface area contributed by atoms with Crippen LogP contribution in [0.25, 0.3) is 0 Å². The van der Waals surface area contributed by atoms with Crippen LogP contribution in [0.2, 0.25) is 0 Å². The van der Waals surface area contributed by atoms with E-state index >= 15 is 0 Å². The molecule has 1 fully saturated rings. The zero-order valence-electron chi connectivity index (χ0n) is 14.5. The normalized spacial score (nSPS) is 21.5. The van der Waals surface area contributed by atoms with E-state index in [1.807, 2.05) is 32.9 Å². The number of β-amino-alcohol motifs (C(OH)–C–C–N with tert-alkyl or cyclic N) is 1. The lowest BCUT2D eigenvalue weighted by atomic mass is 10.0. The van der Waals surface area contributed by atoms with Gasteiger partial charge in [-0.25, -0.2) is 0 Å². The second-order valence-electron chi connectivity index (χ2n) is 6.74. The van der Waals surface area contributed by atoms with E-state index in [9.17, 15) is 14.7 Å². The first-order valence-electron chi connectivity index (χ1n) is 8.43. The zero-order chi connectivity index (χ0) is 17.7. The summed E-state index contributed by atoms with van der Waals surface area (Å²) >= 11 is 0. The number of aliphatic hydroxyl groups is 1. The number of rotatable bonds is 6. The first kappa shape index (κ1) is 18.4. The fraction of sp³-hybridized carbons (Fsp3) is 0.556. The summed E-state index contributed by atoms with van der Waals surface area (Å²) in [4.78, 5) is 24.9. The molecule has 6 nitrogen and oxygen atoms in total. The van der Waals surface area contributed by atoms with Crippen LogP contribution < -0.4 is 16.0 Å². The minimum Gasteiger partial charge on any atom is -0.391 e. The fourth-order valence-electron chi connectivity index (χ4n) is 2.85. The number of hydrogen-bond acceptors (Lipinski definition) is 4. The highest BCUT2D eigenvalue weighted by atomic mass is 16.3. The van der Waals surface area contributed by atoms with Crippen LogP contribution in [0.1, 0.15) is 29.8 Å². The van der Waals surface area contributed by atoms with Gasteiger partial charge in [0.05, 0.1) is 6.10 Å². The van der Waals surface area contributed by atoms with Gasteiger partial charge in [-0.3, -0.25) is 9.59 Å². The number of benzene rings is 1. The van der Waals surface area contributed by atoms with Crippen molar-refractivity contribution in [2.24, 2.45) is 11.8 Å². The Balaban J connectivity index is 1.97. The molecule has 1 aromatic rings. The Labute approximate surface area is 143 Å². The summed E-state index contributed by atoms with van der Waals surface area (Å²) < 4.78 is 0. The molecule has 24 heavy (non-hydrogen) atoms. The summed E-state index contributed by atoms with van der Waals surface area (Å²) in [6, 6.07) is 6.69. The molecule has 6 heteroatoms. The van der Waals surface area contributed by atoms with Gasteiger partial charge < -0.3 is 21.1 Å². The quantitative estimate of drug-likeness (QED) is 0.608. The van der Waals surface area contributed by atoms with Gasteiger partial charge >= 0.3 is 0 Å². The molecule has 3 unspecified atom stereocenters. The molecule has 1 saturated heterocycles. The van der Waals surface area contributed by atoms with Gasteiger partial charge in [0.25, 0.3) is 5.91 Å². The molecule has 0 spiro atoms. The highest BCUT2D eigenvalue weighted by molar-refractivity contribution is 5.98. The fourth-order valence-corrected chi connectivity index (χ4v) is 2.85. The largest absolute Gasteiger partial charge is 0.391 e. The Morgan fingerprint density at radius 2 is 2.00 bits per heavy atom. The van der Waals surface area contributed by atoms with Crippen LogP contribution in [0.4, 0.5) is 0 Å². The van der Waals surface area contributed by atoms with Crippen molar-refractivity contribution >= 4 is 11.8 Å². The molecule has 132 valence electrons. The third-order valence-corrected chi connectivity index (χ3v) is 4.47. The number of amides is 2. The van der Waals surface area contributed by atoms with Gasteiger partial charge in [0.2, 0.25) is 5.91 Å². The number of nitrogens with one attached hydrogen (secondary N) is 3. The van der Waals surface area contributed by atoms with Crippen molar-refractivity contribution in [2.45, 2.75) is 32.9 Å². The minimum absolute atomic E-state index is 0.00818. The maximum atomic E-state index is 12.5. The predicted molar refractivity (Wildman–Crippen MR) is 92.6 cm³/mol. The second-order valence-corrected chi connectivity index (χ2v) is 6.74. The Bertz CT molecular complexity index is 589. The van der Waals surface area contributed by atoms with Crippen molar-refractivity contribution < 1.29 is 14.7 Å². The van der Waals surface area contributed by atoms with Crippen LogP contribution in [0, 0.1) is 18.8 Å². The zero-order valence-corrected chi connectivity index (χ0v) is 14.5. The summed E-state index contributed by atoms with van der Waals surface area (Å²) in [6.45, 7) is 7.30. The van der Waals surface area contributed by atoms with Gasteiger partial charge in [-0.05, 0) is 24.5 Å². The van der Waals surface area contributed by atoms with E-state index in [2.05, 4.69) is 16.0 Å². The van der Waals surface area contributed by atoms with Gasteiger partial charge in [-0.1, -0.05) is 32.0 Å². The molecule has 4 N–H and O–H groups in total. The number of aryl methyl sites for hydroxylation is 1. The van der Waals surface area contributed by atoms with E-state index in [0.29, 0.717) is 25.2 Å². The molecule has 1 aromatic carbocycles. The molecule has 0 saturated carbocycles. The molecular weight excluding hydrogens is 306 g/mol. The van der Waals surface area contributed by atoms with Gasteiger partial charge in [0.1, 0.15) is 6.04 Å². The van der Waals surface area contributed by atoms with Gasteiger partial charge in [-0.15, -0.1) is 0 Å². The summed E-state index contributed by atoms with van der Waals surface area (Å²) in [6.07, 6.45) is -0.440. The number of carbonyl (C=O) groups excluding carboxylic acids is 2. The number of aliphatic hydroxyl groups excluding tert-OH is 1. The first-order chi connectivity index (χ1) is 11.4. The monoisotopic (exact) mass is 333 g/mol. The lowest BCUT2D eigenvalue weighted by Gasteiger charge is -2.23. The van der Waals surface area contributed by atoms with Gasteiger partial charge in [0.15, 0.2) is 0 Å². The number of hydrogen-bond donors (Lipinski definition) is 4. The van der Waals surface area contributed by atoms with Crippen LogP contribution in [0.15, 0.2) is 24.3 Å². The topological polar surface area (TPSA) is 90.5 Å². The molecular formula is C18H27N3O3. The van der Waals surface area contributed by atoms with Crippen LogP contribution in [-0.2, 0) is 4.79 Å². The Hall–Kier alpha value is -1.92. The molecule has 1 aliphatic heterocycles. The van der Waals surface area contributed by atoms with E-state index in [0.717, 1.165) is 5.56 Å². The minimum atomic E-state index is -0.608. The van der Waals surface area contributed by atoms with E-state index in [1.54, 1.807) is 12.1 Å². The molecule has 2 amide bonds. The van der Waals surface area contributed by atoms with E-state index < -0.39 is 12.1 Å². The molecule has 3 atom stereocenters. The standard InChI is InChI=1S/C18H27N3O3/c1-11(2)16(18(24)20-9-13-8-19-10-15(13)22)21-17(23)14-7-5-4-6-12(14)3/h4-7,11,13,15-16,19,22H,8-10H2,1-3H3,(H,20,24)(H,21,23). The molecule has 2 rings (SSSR count). The number of carbonyl (C=O) groups is 2. The predicted octanol–water partition coefficient (Wildman–Crippen LogP) is 0.446. The Morgan fingerprint density at radius 1 is 1.29 bits per heavy atom. The van der Waals surface area contributed by atoms with Crippen LogP contribution >= 0.6 is 0 Å². The lowest BCUT2D eigenvalue weighted by molar-refractivity contribution is -0.124. The van der Waals surface area contributed by atoms with E-state index in [4.69, 9.17) is 0 Å². The summed E-state index contributed by atoms with van der Waals surface area (Å²) in [5, 5.41) is 18.6. The molecule has 0 radical (unpaired) electrons. The highest BCUT2D eigenvalue weighted by Gasteiger charge is 2.28. The molecule has 0 aromatic heterocycles. The summed E-state index contributed by atoms with van der Waals surface area (Å²) in [7, 11) is 0. The van der Waals surface area contributed by atoms with Crippen molar-refractivity contribution in [1.82, 2.24) is 16.0 Å². The molecule has 1 heterocycles. The average molecular weight is 333 g/mol. The Morgan fingerprint density at radius 3 is 2.58 bits per heavy atom. The van der Waals surface area contributed by atoms with Crippen LogP contribution in [0.5, 0.6) is 0 Å². The van der Waals surface area contributed by atoms with Crippen molar-refractivity contribution in [3.8, 4) is 0 Å². The summed E-state index contributed by atoms with van der Waals surface area (Å²) in [5.41, 5.74) is 1.45. The van der Waals surface area contributed by atoms with Gasteiger partial charge in [-0.2, -0.15) is 0 Å². The average Bonchev–Trinajstić information content (AvgIpc) is 2.95. The van der Waals surface area contributed by atoms with Crippen molar-refractivity contribution in [1.29, 1.82) is 0 Å². The maximum absolute atomic E-state index is 12.5. The smallest absolute Gasteiger partial charge is 0.252 e. The maximum Gasteiger partial charge on any atom is 0.252 e. The molecule has 1 aliphatic rings. The van der Waals surface area contributed by atoms with E-state index in [-0.39, 0.29) is 23.7 Å². The highest BCUT2D eigenvalue weighted by Crippen LogP contribution is 2.11. The van der Waals surface area contributed by atoms with Crippen molar-refractivity contribution in [2.75, 3.05) is 19.6 Å². The summed E-state index contributed by atoms with van der Waals surface area (Å²) in [5.74, 6) is -0.492. The third-order valence-electron chi connectivity index (χ3n) is 4.47. The third kappa shape index (κ3) is 4.55. The van der Waals surface area contributed by atoms with Crippen LogP contribution in [0.3, 0.4) is 0 Å². The van der Waals surface area contributed by atoms with Crippen molar-refractivity contribution in [3.05, 3.63) is 35.4 Å². The Kier molecular flexibility index (Phi) is 6.34. The first-order valence-corrected chi connectivity index (χ1v) is 8.43.